The van der Waals surface area contributed by atoms with Gasteiger partial charge in [0.25, 0.3) is 5.91 Å². The van der Waals surface area contributed by atoms with Gasteiger partial charge >= 0.3 is 0 Å². The first kappa shape index (κ1) is 20.0. The molecule has 0 spiro atoms. The molecule has 7 nitrogen and oxygen atoms in total. The first-order valence-corrected chi connectivity index (χ1v) is 10.2. The van der Waals surface area contributed by atoms with E-state index in [1.165, 1.54) is 11.4 Å². The molecule has 26 heavy (non-hydrogen) atoms. The van der Waals surface area contributed by atoms with Crippen LogP contribution in [-0.4, -0.2) is 55.0 Å². The van der Waals surface area contributed by atoms with Crippen molar-refractivity contribution in [3.8, 4) is 11.3 Å². The van der Waals surface area contributed by atoms with Gasteiger partial charge in [0.2, 0.25) is 10.0 Å². The van der Waals surface area contributed by atoms with Crippen molar-refractivity contribution in [1.82, 2.24) is 19.6 Å². The average molecular weight is 376 g/mol. The Morgan fingerprint density at radius 2 is 1.88 bits per heavy atom. The molecule has 1 heterocycles. The van der Waals surface area contributed by atoms with Gasteiger partial charge < -0.3 is 5.32 Å². The van der Waals surface area contributed by atoms with Crippen molar-refractivity contribution in [2.75, 3.05) is 26.4 Å². The van der Waals surface area contributed by atoms with E-state index in [0.717, 1.165) is 29.5 Å². The minimum absolute atomic E-state index is 0.225. The molecule has 0 fully saturated rings. The second kappa shape index (κ2) is 8.37. The third kappa shape index (κ3) is 5.09. The Hall–Kier alpha value is -2.32. The smallest absolute Gasteiger partial charge is 0.251 e. The van der Waals surface area contributed by atoms with Crippen LogP contribution in [0.15, 0.2) is 30.5 Å². The summed E-state index contributed by atoms with van der Waals surface area (Å²) in [7, 11) is -1.76. The molecule has 0 unspecified atom stereocenters. The lowest BCUT2D eigenvalue weighted by Crippen LogP contribution is -2.35. The highest BCUT2D eigenvalue weighted by molar-refractivity contribution is 7.88. The van der Waals surface area contributed by atoms with Gasteiger partial charge in [0.1, 0.15) is 5.82 Å². The van der Waals surface area contributed by atoms with Crippen LogP contribution in [-0.2, 0) is 16.4 Å². The summed E-state index contributed by atoms with van der Waals surface area (Å²) in [6, 6.07) is 7.20. The van der Waals surface area contributed by atoms with E-state index in [1.807, 2.05) is 32.2 Å². The molecule has 0 aliphatic rings. The van der Waals surface area contributed by atoms with E-state index in [4.69, 9.17) is 0 Å². The Kier molecular flexibility index (Phi) is 6.44. The maximum absolute atomic E-state index is 12.2. The lowest BCUT2D eigenvalue weighted by atomic mass is 10.0. The zero-order valence-corrected chi connectivity index (χ0v) is 16.3. The number of benzene rings is 1. The molecule has 1 aromatic heterocycles. The maximum atomic E-state index is 12.2. The SMILES string of the molecule is CCc1cnc(C)nc1-c1ccc(C(=O)NCCN(C)S(C)(=O)=O)cc1. The predicted octanol–water partition coefficient (Wildman–Crippen LogP) is 1.64. The number of likely N-dealkylation sites (N-methyl/N-ethyl adjacent to an activating group) is 1. The zero-order valence-electron chi connectivity index (χ0n) is 15.5. The molecular formula is C18H24N4O3S. The summed E-state index contributed by atoms with van der Waals surface area (Å²) < 4.78 is 23.9. The Labute approximate surface area is 154 Å². The summed E-state index contributed by atoms with van der Waals surface area (Å²) in [5, 5.41) is 2.72. The number of amides is 1. The summed E-state index contributed by atoms with van der Waals surface area (Å²) in [6.07, 6.45) is 3.79. The molecule has 0 saturated heterocycles. The van der Waals surface area contributed by atoms with E-state index < -0.39 is 10.0 Å². The normalized spacial score (nSPS) is 11.6. The zero-order chi connectivity index (χ0) is 19.3. The van der Waals surface area contributed by atoms with Gasteiger partial charge in [-0.1, -0.05) is 19.1 Å². The van der Waals surface area contributed by atoms with E-state index in [0.29, 0.717) is 11.4 Å². The third-order valence-electron chi connectivity index (χ3n) is 4.06. The molecule has 1 amide bonds. The van der Waals surface area contributed by atoms with Gasteiger partial charge in [-0.15, -0.1) is 0 Å². The number of aryl methyl sites for hydroxylation is 2. The molecule has 1 N–H and O–H groups in total. The molecular weight excluding hydrogens is 352 g/mol. The highest BCUT2D eigenvalue weighted by Gasteiger charge is 2.12. The monoisotopic (exact) mass is 376 g/mol. The number of hydrogen-bond acceptors (Lipinski definition) is 5. The first-order valence-electron chi connectivity index (χ1n) is 8.34. The minimum atomic E-state index is -3.24. The predicted molar refractivity (Wildman–Crippen MR) is 101 cm³/mol. The molecule has 2 aromatic rings. The van der Waals surface area contributed by atoms with Crippen LogP contribution in [0.3, 0.4) is 0 Å². The van der Waals surface area contributed by atoms with Crippen molar-refractivity contribution in [1.29, 1.82) is 0 Å². The van der Waals surface area contributed by atoms with E-state index in [-0.39, 0.29) is 19.0 Å². The fourth-order valence-corrected chi connectivity index (χ4v) is 2.80. The van der Waals surface area contributed by atoms with Crippen LogP contribution < -0.4 is 5.32 Å². The van der Waals surface area contributed by atoms with Crippen molar-refractivity contribution >= 4 is 15.9 Å². The van der Waals surface area contributed by atoms with Crippen LogP contribution in [0.2, 0.25) is 0 Å². The fraction of sp³-hybridized carbons (Fsp3) is 0.389. The van der Waals surface area contributed by atoms with Gasteiger partial charge in [-0.25, -0.2) is 22.7 Å². The van der Waals surface area contributed by atoms with E-state index in [1.54, 1.807) is 12.1 Å². The van der Waals surface area contributed by atoms with Gasteiger partial charge in [0, 0.05) is 37.5 Å². The molecule has 2 rings (SSSR count). The topological polar surface area (TPSA) is 92.3 Å². The molecule has 0 radical (unpaired) electrons. The number of hydrogen-bond donors (Lipinski definition) is 1. The van der Waals surface area contributed by atoms with Crippen LogP contribution >= 0.6 is 0 Å². The van der Waals surface area contributed by atoms with Gasteiger partial charge in [-0.05, 0) is 31.0 Å². The summed E-state index contributed by atoms with van der Waals surface area (Å²) in [5.74, 6) is 0.460. The van der Waals surface area contributed by atoms with Crippen LogP contribution in [0.25, 0.3) is 11.3 Å². The number of nitrogens with one attached hydrogen (secondary N) is 1. The molecule has 140 valence electrons. The minimum Gasteiger partial charge on any atom is -0.351 e. The highest BCUT2D eigenvalue weighted by atomic mass is 32.2. The average Bonchev–Trinajstić information content (AvgIpc) is 2.60. The Morgan fingerprint density at radius 3 is 2.46 bits per heavy atom. The first-order chi connectivity index (χ1) is 12.2. The van der Waals surface area contributed by atoms with Crippen molar-refractivity contribution in [3.05, 3.63) is 47.4 Å². The summed E-state index contributed by atoms with van der Waals surface area (Å²) in [5.41, 5.74) is 3.37. The standard InChI is InChI=1S/C18H24N4O3S/c1-5-14-12-20-13(2)21-17(14)15-6-8-16(9-7-15)18(23)19-10-11-22(3)26(4,24)25/h6-9,12H,5,10-11H2,1-4H3,(H,19,23). The van der Waals surface area contributed by atoms with Crippen LogP contribution in [0.1, 0.15) is 28.7 Å². The molecule has 1 aromatic carbocycles. The van der Waals surface area contributed by atoms with Crippen molar-refractivity contribution in [3.63, 3.8) is 0 Å². The van der Waals surface area contributed by atoms with Crippen molar-refractivity contribution < 1.29 is 13.2 Å². The molecule has 0 aliphatic carbocycles. The quantitative estimate of drug-likeness (QED) is 0.793. The molecule has 8 heteroatoms. The Bertz CT molecular complexity index is 880. The summed E-state index contributed by atoms with van der Waals surface area (Å²) >= 11 is 0. The van der Waals surface area contributed by atoms with Crippen LogP contribution in [0, 0.1) is 6.92 Å². The maximum Gasteiger partial charge on any atom is 0.251 e. The summed E-state index contributed by atoms with van der Waals surface area (Å²) in [6.45, 7) is 4.36. The molecule has 0 bridgehead atoms. The van der Waals surface area contributed by atoms with E-state index in [9.17, 15) is 13.2 Å². The van der Waals surface area contributed by atoms with Crippen LogP contribution in [0.4, 0.5) is 0 Å². The van der Waals surface area contributed by atoms with Gasteiger partial charge in [0.05, 0.1) is 11.9 Å². The number of nitrogens with zero attached hydrogens (tertiary/aromatic N) is 3. The highest BCUT2D eigenvalue weighted by Crippen LogP contribution is 2.22. The number of sulfonamides is 1. The van der Waals surface area contributed by atoms with Gasteiger partial charge in [-0.3, -0.25) is 4.79 Å². The van der Waals surface area contributed by atoms with Crippen molar-refractivity contribution in [2.45, 2.75) is 20.3 Å². The largest absolute Gasteiger partial charge is 0.351 e. The molecule has 0 aliphatic heterocycles. The lowest BCUT2D eigenvalue weighted by molar-refractivity contribution is 0.0952. The van der Waals surface area contributed by atoms with Gasteiger partial charge in [-0.2, -0.15) is 0 Å². The number of carbonyl (C=O) groups is 1. The number of carbonyl (C=O) groups excluding carboxylic acids is 1. The molecule has 0 atom stereocenters. The van der Waals surface area contributed by atoms with Crippen molar-refractivity contribution in [2.24, 2.45) is 0 Å². The van der Waals surface area contributed by atoms with Crippen LogP contribution in [0.5, 0.6) is 0 Å². The third-order valence-corrected chi connectivity index (χ3v) is 5.38. The number of rotatable bonds is 7. The van der Waals surface area contributed by atoms with E-state index in [2.05, 4.69) is 15.3 Å². The molecule has 0 saturated carbocycles. The Balaban J connectivity index is 2.05. The fourth-order valence-electron chi connectivity index (χ4n) is 2.38. The van der Waals surface area contributed by atoms with Gasteiger partial charge in [0.15, 0.2) is 0 Å². The second-order valence-electron chi connectivity index (χ2n) is 6.06. The van der Waals surface area contributed by atoms with E-state index >= 15 is 0 Å². The summed E-state index contributed by atoms with van der Waals surface area (Å²) in [4.78, 5) is 20.9. The number of aromatic nitrogens is 2. The lowest BCUT2D eigenvalue weighted by Gasteiger charge is -2.14. The Morgan fingerprint density at radius 1 is 1.23 bits per heavy atom. The second-order valence-corrected chi connectivity index (χ2v) is 8.15.